The van der Waals surface area contributed by atoms with Crippen molar-refractivity contribution >= 4 is 17.6 Å². The predicted octanol–water partition coefficient (Wildman–Crippen LogP) is 2.22. The summed E-state index contributed by atoms with van der Waals surface area (Å²) in [5.74, 6) is -1.43. The van der Waals surface area contributed by atoms with Gasteiger partial charge in [-0.05, 0) is 30.5 Å². The molecule has 3 aromatic heterocycles. The number of imidazole rings is 1. The van der Waals surface area contributed by atoms with Gasteiger partial charge in [0.15, 0.2) is 5.65 Å². The molecule has 160 valence electrons. The summed E-state index contributed by atoms with van der Waals surface area (Å²) in [5, 5.41) is 9.27. The van der Waals surface area contributed by atoms with Crippen molar-refractivity contribution in [1.29, 1.82) is 0 Å². The number of nitrogens with one attached hydrogen (secondary N) is 2. The van der Waals surface area contributed by atoms with Crippen LogP contribution in [0.3, 0.4) is 0 Å². The van der Waals surface area contributed by atoms with Crippen molar-refractivity contribution in [3.8, 4) is 5.75 Å². The molecule has 3 amide bonds. The van der Waals surface area contributed by atoms with E-state index in [1.54, 1.807) is 23.0 Å². The standard InChI is InChI=1S/C19H15F3N6O3/c20-19(21,22)31-9-1-2-14(24-7-9)11-5-10(11)12-6-15(27-28-4-3-23-16(12)28)13-8-25-18(30)26-17(13)29/h1-4,6-7,10-11,13H,5,8H2,(H2,25,26,29,30)/t10-,11-,13?/m0/s1. The molecule has 1 aliphatic carbocycles. The highest BCUT2D eigenvalue weighted by Gasteiger charge is 2.43. The minimum atomic E-state index is -4.77. The van der Waals surface area contributed by atoms with Gasteiger partial charge in [-0.3, -0.25) is 15.1 Å². The summed E-state index contributed by atoms with van der Waals surface area (Å²) in [5.41, 5.74) is 2.63. The SMILES string of the molecule is O=C1NCC(c2cc([C@H]3C[C@@H]3c3ccc(OC(F)(F)F)cn3)c3nccn3n2)C(=O)N1. The number of nitrogens with zero attached hydrogens (tertiary/aromatic N) is 4. The zero-order valence-electron chi connectivity index (χ0n) is 15.8. The van der Waals surface area contributed by atoms with E-state index in [0.29, 0.717) is 17.0 Å². The third-order valence-corrected chi connectivity index (χ3v) is 5.35. The summed E-state index contributed by atoms with van der Waals surface area (Å²) >= 11 is 0. The lowest BCUT2D eigenvalue weighted by Gasteiger charge is -2.22. The number of aromatic nitrogens is 4. The lowest BCUT2D eigenvalue weighted by atomic mass is 9.99. The molecular formula is C19H15F3N6O3. The highest BCUT2D eigenvalue weighted by atomic mass is 19.4. The number of imide groups is 1. The van der Waals surface area contributed by atoms with E-state index in [1.165, 1.54) is 12.1 Å². The number of ether oxygens (including phenoxy) is 1. The molecule has 9 nitrogen and oxygen atoms in total. The van der Waals surface area contributed by atoms with Gasteiger partial charge in [0.2, 0.25) is 5.91 Å². The van der Waals surface area contributed by atoms with Crippen LogP contribution in [0.2, 0.25) is 0 Å². The second-order valence-corrected chi connectivity index (χ2v) is 7.39. The van der Waals surface area contributed by atoms with E-state index in [9.17, 15) is 22.8 Å². The number of rotatable bonds is 4. The highest BCUT2D eigenvalue weighted by Crippen LogP contribution is 2.55. The Labute approximate surface area is 172 Å². The van der Waals surface area contributed by atoms with Crippen LogP contribution in [-0.4, -0.2) is 44.4 Å². The van der Waals surface area contributed by atoms with Crippen molar-refractivity contribution in [2.24, 2.45) is 0 Å². The third-order valence-electron chi connectivity index (χ3n) is 5.35. The first-order valence-electron chi connectivity index (χ1n) is 9.43. The number of amides is 3. The molecule has 1 aliphatic heterocycles. The molecule has 2 aliphatic rings. The zero-order chi connectivity index (χ0) is 21.8. The van der Waals surface area contributed by atoms with Gasteiger partial charge in [-0.2, -0.15) is 5.10 Å². The van der Waals surface area contributed by atoms with Crippen LogP contribution < -0.4 is 15.4 Å². The van der Waals surface area contributed by atoms with Crippen LogP contribution in [0.4, 0.5) is 18.0 Å². The molecule has 0 bridgehead atoms. The van der Waals surface area contributed by atoms with Gasteiger partial charge in [-0.1, -0.05) is 0 Å². The molecule has 0 aromatic carbocycles. The Bertz CT molecular complexity index is 1180. The first-order chi connectivity index (χ1) is 14.8. The van der Waals surface area contributed by atoms with E-state index >= 15 is 0 Å². The quantitative estimate of drug-likeness (QED) is 0.654. The molecule has 0 radical (unpaired) electrons. The average molecular weight is 432 g/mol. The number of pyridine rings is 1. The van der Waals surface area contributed by atoms with Crippen molar-refractivity contribution < 1.29 is 27.5 Å². The monoisotopic (exact) mass is 432 g/mol. The topological polar surface area (TPSA) is 111 Å². The maximum atomic E-state index is 12.3. The molecular weight excluding hydrogens is 417 g/mol. The Kier molecular flexibility index (Phi) is 4.31. The number of carbonyl (C=O) groups excluding carboxylic acids is 2. The third kappa shape index (κ3) is 3.76. The van der Waals surface area contributed by atoms with Crippen LogP contribution in [0.1, 0.15) is 41.1 Å². The fourth-order valence-electron chi connectivity index (χ4n) is 3.84. The molecule has 3 aromatic rings. The van der Waals surface area contributed by atoms with E-state index in [2.05, 4.69) is 30.4 Å². The molecule has 1 saturated carbocycles. The summed E-state index contributed by atoms with van der Waals surface area (Å²) < 4.78 is 42.5. The van der Waals surface area contributed by atoms with Crippen LogP contribution in [0.15, 0.2) is 36.8 Å². The van der Waals surface area contributed by atoms with Crippen LogP contribution in [0, 0.1) is 0 Å². The number of carbonyl (C=O) groups is 2. The molecule has 4 heterocycles. The Morgan fingerprint density at radius 1 is 1.13 bits per heavy atom. The van der Waals surface area contributed by atoms with E-state index in [1.807, 2.05) is 0 Å². The summed E-state index contributed by atoms with van der Waals surface area (Å²) in [6.07, 6.45) is 0.274. The number of halogens is 3. The van der Waals surface area contributed by atoms with Gasteiger partial charge in [-0.15, -0.1) is 13.2 Å². The summed E-state index contributed by atoms with van der Waals surface area (Å²) in [4.78, 5) is 32.1. The van der Waals surface area contributed by atoms with E-state index in [4.69, 9.17) is 0 Å². The molecule has 1 saturated heterocycles. The van der Waals surface area contributed by atoms with E-state index in [0.717, 1.165) is 18.2 Å². The second kappa shape index (κ2) is 6.93. The fraction of sp³-hybridized carbons (Fsp3) is 0.316. The molecule has 3 atom stereocenters. The Balaban J connectivity index is 1.41. The first kappa shape index (κ1) is 19.3. The minimum Gasteiger partial charge on any atom is -0.404 e. The number of fused-ring (bicyclic) bond motifs is 1. The van der Waals surface area contributed by atoms with E-state index in [-0.39, 0.29) is 24.1 Å². The number of hydrogen-bond donors (Lipinski definition) is 2. The van der Waals surface area contributed by atoms with Crippen LogP contribution in [0.5, 0.6) is 5.75 Å². The van der Waals surface area contributed by atoms with Gasteiger partial charge in [0.1, 0.15) is 5.75 Å². The van der Waals surface area contributed by atoms with Crippen molar-refractivity contribution in [2.75, 3.05) is 6.54 Å². The minimum absolute atomic E-state index is 0.00410. The lowest BCUT2D eigenvalue weighted by Crippen LogP contribution is -2.51. The Morgan fingerprint density at radius 3 is 2.68 bits per heavy atom. The molecule has 0 spiro atoms. The molecule has 2 N–H and O–H groups in total. The van der Waals surface area contributed by atoms with Gasteiger partial charge in [0.25, 0.3) is 0 Å². The van der Waals surface area contributed by atoms with Gasteiger partial charge in [-0.25, -0.2) is 14.3 Å². The Hall–Kier alpha value is -3.70. The molecule has 1 unspecified atom stereocenters. The molecule has 31 heavy (non-hydrogen) atoms. The van der Waals surface area contributed by atoms with Crippen LogP contribution >= 0.6 is 0 Å². The van der Waals surface area contributed by atoms with Gasteiger partial charge in [0.05, 0.1) is 17.8 Å². The van der Waals surface area contributed by atoms with Crippen LogP contribution in [0.25, 0.3) is 5.65 Å². The number of alkyl halides is 3. The molecule has 5 rings (SSSR count). The van der Waals surface area contributed by atoms with Crippen molar-refractivity contribution in [1.82, 2.24) is 30.2 Å². The maximum absolute atomic E-state index is 12.3. The Morgan fingerprint density at radius 2 is 1.97 bits per heavy atom. The highest BCUT2D eigenvalue weighted by molar-refractivity contribution is 6.00. The van der Waals surface area contributed by atoms with Crippen molar-refractivity contribution in [3.63, 3.8) is 0 Å². The van der Waals surface area contributed by atoms with Gasteiger partial charge in [0, 0.05) is 36.1 Å². The first-order valence-corrected chi connectivity index (χ1v) is 9.43. The van der Waals surface area contributed by atoms with Crippen molar-refractivity contribution in [2.45, 2.75) is 30.5 Å². The summed E-state index contributed by atoms with van der Waals surface area (Å²) in [6, 6.07) is 4.01. The van der Waals surface area contributed by atoms with Crippen molar-refractivity contribution in [3.05, 3.63) is 53.7 Å². The average Bonchev–Trinajstić information content (AvgIpc) is 3.35. The molecule has 2 fully saturated rings. The number of urea groups is 1. The summed E-state index contributed by atoms with van der Waals surface area (Å²) in [7, 11) is 0. The largest absolute Gasteiger partial charge is 0.573 e. The number of hydrogen-bond acceptors (Lipinski definition) is 6. The van der Waals surface area contributed by atoms with Crippen LogP contribution in [-0.2, 0) is 4.79 Å². The van der Waals surface area contributed by atoms with E-state index < -0.39 is 24.2 Å². The summed E-state index contributed by atoms with van der Waals surface area (Å²) in [6.45, 7) is 0.133. The second-order valence-electron chi connectivity index (χ2n) is 7.39. The fourth-order valence-corrected chi connectivity index (χ4v) is 3.84. The predicted molar refractivity (Wildman–Crippen MR) is 98.3 cm³/mol. The lowest BCUT2D eigenvalue weighted by molar-refractivity contribution is -0.274. The zero-order valence-corrected chi connectivity index (χ0v) is 15.8. The smallest absolute Gasteiger partial charge is 0.404 e. The molecule has 12 heteroatoms. The van der Waals surface area contributed by atoms with Gasteiger partial charge >= 0.3 is 12.4 Å². The normalized spacial score (nSPS) is 23.4. The van der Waals surface area contributed by atoms with Gasteiger partial charge < -0.3 is 10.1 Å². The maximum Gasteiger partial charge on any atom is 0.573 e.